The van der Waals surface area contributed by atoms with Crippen molar-refractivity contribution in [1.29, 1.82) is 0 Å². The third kappa shape index (κ3) is 2.89. The van der Waals surface area contributed by atoms with Crippen molar-refractivity contribution in [2.45, 2.75) is 12.8 Å². The van der Waals surface area contributed by atoms with Crippen LogP contribution in [0.4, 0.5) is 0 Å². The Hall–Kier alpha value is -1.71. The van der Waals surface area contributed by atoms with Crippen molar-refractivity contribution >= 4 is 5.91 Å². The van der Waals surface area contributed by atoms with Gasteiger partial charge in [0.1, 0.15) is 11.5 Å². The summed E-state index contributed by atoms with van der Waals surface area (Å²) >= 11 is 0. The highest BCUT2D eigenvalue weighted by molar-refractivity contribution is 5.76. The van der Waals surface area contributed by atoms with Gasteiger partial charge in [-0.1, -0.05) is 6.07 Å². The zero-order chi connectivity index (χ0) is 12.0. The monoisotopic (exact) mass is 223 g/mol. The minimum atomic E-state index is 0.00737. The van der Waals surface area contributed by atoms with Crippen LogP contribution in [0.15, 0.2) is 18.2 Å². The maximum atomic E-state index is 11.2. The standard InChI is InChI=1S/C12H17NO3/c1-13-12(14)8-7-9-10(15-2)5-4-6-11(9)16-3/h4-6H,7-8H2,1-3H3,(H,13,14). The number of methoxy groups -OCH3 is 2. The Bertz CT molecular complexity index is 341. The van der Waals surface area contributed by atoms with Gasteiger partial charge in [-0.2, -0.15) is 0 Å². The topological polar surface area (TPSA) is 47.6 Å². The fourth-order valence-electron chi connectivity index (χ4n) is 1.54. The molecule has 0 radical (unpaired) electrons. The summed E-state index contributed by atoms with van der Waals surface area (Å²) in [6.07, 6.45) is 1.03. The minimum Gasteiger partial charge on any atom is -0.496 e. The summed E-state index contributed by atoms with van der Waals surface area (Å²) in [7, 11) is 4.85. The second-order valence-corrected chi connectivity index (χ2v) is 3.31. The van der Waals surface area contributed by atoms with E-state index in [0.717, 1.165) is 17.1 Å². The van der Waals surface area contributed by atoms with E-state index < -0.39 is 0 Å². The maximum absolute atomic E-state index is 11.2. The van der Waals surface area contributed by atoms with E-state index in [0.29, 0.717) is 12.8 Å². The van der Waals surface area contributed by atoms with Crippen LogP contribution in [0, 0.1) is 0 Å². The van der Waals surface area contributed by atoms with E-state index in [2.05, 4.69) is 5.32 Å². The molecular formula is C12H17NO3. The molecule has 4 nitrogen and oxygen atoms in total. The van der Waals surface area contributed by atoms with Gasteiger partial charge in [0.2, 0.25) is 5.91 Å². The van der Waals surface area contributed by atoms with Gasteiger partial charge < -0.3 is 14.8 Å². The van der Waals surface area contributed by atoms with Gasteiger partial charge in [0.15, 0.2) is 0 Å². The van der Waals surface area contributed by atoms with E-state index in [4.69, 9.17) is 9.47 Å². The Labute approximate surface area is 95.6 Å². The molecule has 0 fully saturated rings. The van der Waals surface area contributed by atoms with Gasteiger partial charge >= 0.3 is 0 Å². The van der Waals surface area contributed by atoms with Gasteiger partial charge in [-0.05, 0) is 18.6 Å². The van der Waals surface area contributed by atoms with Crippen LogP contribution in [0.5, 0.6) is 11.5 Å². The zero-order valence-corrected chi connectivity index (χ0v) is 9.87. The maximum Gasteiger partial charge on any atom is 0.220 e. The Balaban J connectivity index is 2.86. The summed E-state index contributed by atoms with van der Waals surface area (Å²) in [4.78, 5) is 11.2. The van der Waals surface area contributed by atoms with E-state index in [-0.39, 0.29) is 5.91 Å². The van der Waals surface area contributed by atoms with Gasteiger partial charge in [0, 0.05) is 19.0 Å². The number of rotatable bonds is 5. The first-order chi connectivity index (χ1) is 7.72. The second kappa shape index (κ2) is 6.00. The van der Waals surface area contributed by atoms with Crippen molar-refractivity contribution in [2.75, 3.05) is 21.3 Å². The molecule has 1 aromatic carbocycles. The number of ether oxygens (including phenoxy) is 2. The van der Waals surface area contributed by atoms with Crippen LogP contribution in [-0.4, -0.2) is 27.2 Å². The first-order valence-electron chi connectivity index (χ1n) is 5.13. The van der Waals surface area contributed by atoms with E-state index in [1.54, 1.807) is 21.3 Å². The summed E-state index contributed by atoms with van der Waals surface area (Å²) < 4.78 is 10.5. The SMILES string of the molecule is CNC(=O)CCc1c(OC)cccc1OC. The molecule has 1 aromatic rings. The number of carbonyl (C=O) groups is 1. The molecule has 16 heavy (non-hydrogen) atoms. The van der Waals surface area contributed by atoms with Crippen molar-refractivity contribution in [3.63, 3.8) is 0 Å². The Morgan fingerprint density at radius 1 is 1.25 bits per heavy atom. The molecule has 0 saturated carbocycles. The highest BCUT2D eigenvalue weighted by atomic mass is 16.5. The lowest BCUT2D eigenvalue weighted by molar-refractivity contribution is -0.120. The molecule has 0 aromatic heterocycles. The molecule has 0 unspecified atom stereocenters. The van der Waals surface area contributed by atoms with E-state index in [1.807, 2.05) is 18.2 Å². The summed E-state index contributed by atoms with van der Waals surface area (Å²) in [6, 6.07) is 5.59. The van der Waals surface area contributed by atoms with Gasteiger partial charge in [0.05, 0.1) is 14.2 Å². The van der Waals surface area contributed by atoms with Crippen LogP contribution in [0.1, 0.15) is 12.0 Å². The third-order valence-electron chi connectivity index (χ3n) is 2.41. The molecule has 1 amide bonds. The van der Waals surface area contributed by atoms with Crippen molar-refractivity contribution in [3.8, 4) is 11.5 Å². The molecule has 0 aliphatic carbocycles. The number of hydrogen-bond donors (Lipinski definition) is 1. The molecular weight excluding hydrogens is 206 g/mol. The Kier molecular flexibility index (Phi) is 4.64. The quantitative estimate of drug-likeness (QED) is 0.820. The summed E-state index contributed by atoms with van der Waals surface area (Å²) in [6.45, 7) is 0. The lowest BCUT2D eigenvalue weighted by Crippen LogP contribution is -2.18. The van der Waals surface area contributed by atoms with Crippen molar-refractivity contribution in [3.05, 3.63) is 23.8 Å². The number of nitrogens with one attached hydrogen (secondary N) is 1. The average Bonchev–Trinajstić information content (AvgIpc) is 2.35. The number of amides is 1. The highest BCUT2D eigenvalue weighted by Gasteiger charge is 2.10. The van der Waals surface area contributed by atoms with Crippen LogP contribution in [-0.2, 0) is 11.2 Å². The highest BCUT2D eigenvalue weighted by Crippen LogP contribution is 2.29. The fraction of sp³-hybridized carbons (Fsp3) is 0.417. The fourth-order valence-corrected chi connectivity index (χ4v) is 1.54. The largest absolute Gasteiger partial charge is 0.496 e. The lowest BCUT2D eigenvalue weighted by Gasteiger charge is -2.12. The lowest BCUT2D eigenvalue weighted by atomic mass is 10.1. The Morgan fingerprint density at radius 3 is 2.25 bits per heavy atom. The summed E-state index contributed by atoms with van der Waals surface area (Å²) in [5, 5.41) is 2.59. The summed E-state index contributed by atoms with van der Waals surface area (Å²) in [5.74, 6) is 1.51. The van der Waals surface area contributed by atoms with Crippen LogP contribution in [0.25, 0.3) is 0 Å². The minimum absolute atomic E-state index is 0.00737. The molecule has 0 heterocycles. The molecule has 0 aliphatic rings. The van der Waals surface area contributed by atoms with Crippen molar-refractivity contribution in [2.24, 2.45) is 0 Å². The number of carbonyl (C=O) groups excluding carboxylic acids is 1. The summed E-state index contributed by atoms with van der Waals surface area (Å²) in [5.41, 5.74) is 0.927. The normalized spacial score (nSPS) is 9.69. The molecule has 0 bridgehead atoms. The average molecular weight is 223 g/mol. The molecule has 4 heteroatoms. The van der Waals surface area contributed by atoms with Crippen LogP contribution >= 0.6 is 0 Å². The zero-order valence-electron chi connectivity index (χ0n) is 9.87. The van der Waals surface area contributed by atoms with Gasteiger partial charge in [0.25, 0.3) is 0 Å². The Morgan fingerprint density at radius 2 is 1.81 bits per heavy atom. The van der Waals surface area contributed by atoms with Crippen LogP contribution < -0.4 is 14.8 Å². The molecule has 88 valence electrons. The molecule has 1 N–H and O–H groups in total. The van der Waals surface area contributed by atoms with Crippen molar-refractivity contribution < 1.29 is 14.3 Å². The first-order valence-corrected chi connectivity index (χ1v) is 5.13. The predicted molar refractivity (Wildman–Crippen MR) is 61.9 cm³/mol. The van der Waals surface area contributed by atoms with E-state index in [9.17, 15) is 4.79 Å². The van der Waals surface area contributed by atoms with Gasteiger partial charge in [-0.25, -0.2) is 0 Å². The van der Waals surface area contributed by atoms with Crippen LogP contribution in [0.2, 0.25) is 0 Å². The predicted octanol–water partition coefficient (Wildman–Crippen LogP) is 1.38. The number of benzene rings is 1. The smallest absolute Gasteiger partial charge is 0.220 e. The third-order valence-corrected chi connectivity index (χ3v) is 2.41. The number of hydrogen-bond acceptors (Lipinski definition) is 3. The van der Waals surface area contributed by atoms with E-state index in [1.165, 1.54) is 0 Å². The molecule has 0 aliphatic heterocycles. The van der Waals surface area contributed by atoms with Crippen LogP contribution in [0.3, 0.4) is 0 Å². The molecule has 0 atom stereocenters. The van der Waals surface area contributed by atoms with E-state index >= 15 is 0 Å². The second-order valence-electron chi connectivity index (χ2n) is 3.31. The first kappa shape index (κ1) is 12.4. The van der Waals surface area contributed by atoms with Gasteiger partial charge in [-0.3, -0.25) is 4.79 Å². The molecule has 0 saturated heterocycles. The van der Waals surface area contributed by atoms with Crippen molar-refractivity contribution in [1.82, 2.24) is 5.32 Å². The van der Waals surface area contributed by atoms with Gasteiger partial charge in [-0.15, -0.1) is 0 Å². The molecule has 0 spiro atoms. The molecule has 1 rings (SSSR count).